The van der Waals surface area contributed by atoms with Gasteiger partial charge >= 0.3 is 0 Å². The van der Waals surface area contributed by atoms with Gasteiger partial charge in [0.25, 0.3) is 0 Å². The van der Waals surface area contributed by atoms with Crippen LogP contribution >= 0.6 is 11.8 Å². The van der Waals surface area contributed by atoms with Gasteiger partial charge in [-0.2, -0.15) is 0 Å². The highest BCUT2D eigenvalue weighted by atomic mass is 32.2. The van der Waals surface area contributed by atoms with Crippen LogP contribution in [-0.4, -0.2) is 13.6 Å². The van der Waals surface area contributed by atoms with Gasteiger partial charge < -0.3 is 5.73 Å². The minimum Gasteiger partial charge on any atom is -0.379 e. The van der Waals surface area contributed by atoms with Gasteiger partial charge in [0.15, 0.2) is 5.17 Å². The van der Waals surface area contributed by atoms with E-state index in [2.05, 4.69) is 0 Å². The molecule has 0 saturated carbocycles. The average molecular weight is 306 g/mol. The molecule has 2 rings (SSSR count). The van der Waals surface area contributed by atoms with Gasteiger partial charge in [-0.3, -0.25) is 5.41 Å². The molecule has 0 saturated heterocycles. The monoisotopic (exact) mass is 306 g/mol. The molecule has 3 N–H and O–H groups in total. The lowest BCUT2D eigenvalue weighted by Gasteiger charge is -2.06. The minimum atomic E-state index is -3.46. The van der Waals surface area contributed by atoms with Crippen LogP contribution in [0.5, 0.6) is 0 Å². The maximum absolute atomic E-state index is 12.4. The van der Waals surface area contributed by atoms with E-state index in [4.69, 9.17) is 11.1 Å². The summed E-state index contributed by atoms with van der Waals surface area (Å²) in [5, 5.41) is 7.19. The number of sulfone groups is 1. The fourth-order valence-corrected chi connectivity index (χ4v) is 3.46. The summed E-state index contributed by atoms with van der Waals surface area (Å²) >= 11 is 1.21. The minimum absolute atomic E-state index is 0.0472. The molecule has 0 aliphatic heterocycles. The van der Waals surface area contributed by atoms with Gasteiger partial charge in [0.05, 0.1) is 9.79 Å². The van der Waals surface area contributed by atoms with Crippen LogP contribution in [0.1, 0.15) is 5.56 Å². The molecule has 4 nitrogen and oxygen atoms in total. The number of rotatable bonds is 4. The van der Waals surface area contributed by atoms with Crippen LogP contribution in [0.25, 0.3) is 0 Å². The molecule has 0 aliphatic rings. The van der Waals surface area contributed by atoms with Crippen LogP contribution in [-0.2, 0) is 15.6 Å². The molecule has 0 aromatic heterocycles. The lowest BCUT2D eigenvalue weighted by atomic mass is 10.2. The molecule has 0 spiro atoms. The number of hydrogen-bond acceptors (Lipinski definition) is 4. The van der Waals surface area contributed by atoms with Crippen molar-refractivity contribution in [1.82, 2.24) is 0 Å². The van der Waals surface area contributed by atoms with E-state index >= 15 is 0 Å². The Labute approximate surface area is 122 Å². The molecular weight excluding hydrogens is 292 g/mol. The van der Waals surface area contributed by atoms with E-state index in [1.54, 1.807) is 54.6 Å². The van der Waals surface area contributed by atoms with Crippen molar-refractivity contribution in [2.45, 2.75) is 15.5 Å². The van der Waals surface area contributed by atoms with Crippen molar-refractivity contribution in [2.75, 3.05) is 0 Å². The molecule has 0 unspecified atom stereocenters. The first-order valence-corrected chi connectivity index (χ1v) is 8.33. The predicted molar refractivity (Wildman–Crippen MR) is 81.5 cm³/mol. The lowest BCUT2D eigenvalue weighted by Crippen LogP contribution is -2.04. The van der Waals surface area contributed by atoms with Gasteiger partial charge in [0, 0.05) is 5.75 Å². The summed E-state index contributed by atoms with van der Waals surface area (Å²) in [6.45, 7) is 0. The second-order valence-electron chi connectivity index (χ2n) is 4.11. The largest absolute Gasteiger partial charge is 0.379 e. The second-order valence-corrected chi connectivity index (χ2v) is 7.08. The van der Waals surface area contributed by atoms with Crippen molar-refractivity contribution in [3.63, 3.8) is 0 Å². The fraction of sp³-hybridized carbons (Fsp3) is 0.0714. The zero-order valence-corrected chi connectivity index (χ0v) is 12.2. The van der Waals surface area contributed by atoms with Crippen molar-refractivity contribution in [3.8, 4) is 0 Å². The lowest BCUT2D eigenvalue weighted by molar-refractivity contribution is 0.596. The number of nitrogens with two attached hydrogens (primary N) is 1. The van der Waals surface area contributed by atoms with Gasteiger partial charge in [0.1, 0.15) is 0 Å². The van der Waals surface area contributed by atoms with Gasteiger partial charge in [0.2, 0.25) is 9.84 Å². The Hall–Kier alpha value is -1.79. The molecule has 6 heteroatoms. The maximum Gasteiger partial charge on any atom is 0.206 e. The number of nitrogens with one attached hydrogen (secondary N) is 1. The maximum atomic E-state index is 12.4. The van der Waals surface area contributed by atoms with Crippen molar-refractivity contribution in [1.29, 1.82) is 5.41 Å². The SMILES string of the molecule is N=C(N)SCc1ccc(S(=O)(=O)c2ccccc2)cc1. The number of benzene rings is 2. The van der Waals surface area contributed by atoms with E-state index in [1.807, 2.05) is 0 Å². The molecule has 0 amide bonds. The first-order chi connectivity index (χ1) is 9.50. The van der Waals surface area contributed by atoms with Crippen LogP contribution in [0, 0.1) is 5.41 Å². The van der Waals surface area contributed by atoms with Gasteiger partial charge in [-0.05, 0) is 29.8 Å². The summed E-state index contributed by atoms with van der Waals surface area (Å²) in [6, 6.07) is 15.0. The third-order valence-corrected chi connectivity index (χ3v) is 5.26. The van der Waals surface area contributed by atoms with E-state index < -0.39 is 9.84 Å². The molecule has 2 aromatic carbocycles. The molecule has 0 atom stereocenters. The topological polar surface area (TPSA) is 84.0 Å². The van der Waals surface area contributed by atoms with Gasteiger partial charge in [-0.1, -0.05) is 42.1 Å². The highest BCUT2D eigenvalue weighted by molar-refractivity contribution is 8.13. The van der Waals surface area contributed by atoms with E-state index in [0.29, 0.717) is 5.75 Å². The Bertz CT molecular complexity index is 696. The molecule has 0 aliphatic carbocycles. The van der Waals surface area contributed by atoms with E-state index in [-0.39, 0.29) is 15.0 Å². The Morgan fingerprint density at radius 1 is 1.00 bits per heavy atom. The summed E-state index contributed by atoms with van der Waals surface area (Å²) < 4.78 is 24.7. The smallest absolute Gasteiger partial charge is 0.206 e. The van der Waals surface area contributed by atoms with E-state index in [1.165, 1.54) is 11.8 Å². The Morgan fingerprint density at radius 2 is 1.55 bits per heavy atom. The Kier molecular flexibility index (Phi) is 4.46. The summed E-state index contributed by atoms with van der Waals surface area (Å²) in [7, 11) is -3.46. The van der Waals surface area contributed by atoms with Crippen LogP contribution < -0.4 is 5.73 Å². The quantitative estimate of drug-likeness (QED) is 0.672. The summed E-state index contributed by atoms with van der Waals surface area (Å²) in [6.07, 6.45) is 0. The summed E-state index contributed by atoms with van der Waals surface area (Å²) in [5.74, 6) is 0.557. The standard InChI is InChI=1S/C14H14N2O2S2/c15-14(16)19-10-11-6-8-13(9-7-11)20(17,18)12-4-2-1-3-5-12/h1-9H,10H2,(H3,15,16). The van der Waals surface area contributed by atoms with Crippen molar-refractivity contribution in [3.05, 3.63) is 60.2 Å². The fourth-order valence-electron chi connectivity index (χ4n) is 1.66. The molecular formula is C14H14N2O2S2. The number of amidine groups is 1. The molecule has 0 heterocycles. The van der Waals surface area contributed by atoms with E-state index in [9.17, 15) is 8.42 Å². The normalized spacial score (nSPS) is 11.2. The molecule has 0 fully saturated rings. The molecule has 0 bridgehead atoms. The van der Waals surface area contributed by atoms with Crippen molar-refractivity contribution in [2.24, 2.45) is 5.73 Å². The zero-order chi connectivity index (χ0) is 14.6. The predicted octanol–water partition coefficient (Wildman–Crippen LogP) is 2.65. The van der Waals surface area contributed by atoms with Crippen LogP contribution in [0.2, 0.25) is 0 Å². The first-order valence-electron chi connectivity index (χ1n) is 5.86. The van der Waals surface area contributed by atoms with E-state index in [0.717, 1.165) is 5.56 Å². The van der Waals surface area contributed by atoms with Crippen LogP contribution in [0.3, 0.4) is 0 Å². The second kappa shape index (κ2) is 6.11. The Balaban J connectivity index is 2.24. The summed E-state index contributed by atoms with van der Waals surface area (Å²) in [4.78, 5) is 0.547. The molecule has 0 radical (unpaired) electrons. The summed E-state index contributed by atoms with van der Waals surface area (Å²) in [5.41, 5.74) is 6.19. The molecule has 104 valence electrons. The number of hydrogen-bond donors (Lipinski definition) is 2. The van der Waals surface area contributed by atoms with Crippen LogP contribution in [0.15, 0.2) is 64.4 Å². The van der Waals surface area contributed by atoms with Crippen LogP contribution in [0.4, 0.5) is 0 Å². The van der Waals surface area contributed by atoms with Crippen molar-refractivity contribution >= 4 is 26.8 Å². The average Bonchev–Trinajstić information content (AvgIpc) is 2.46. The third kappa shape index (κ3) is 3.40. The van der Waals surface area contributed by atoms with Gasteiger partial charge in [-0.25, -0.2) is 8.42 Å². The zero-order valence-electron chi connectivity index (χ0n) is 10.6. The van der Waals surface area contributed by atoms with Gasteiger partial charge in [-0.15, -0.1) is 0 Å². The highest BCUT2D eigenvalue weighted by Gasteiger charge is 2.16. The Morgan fingerprint density at radius 3 is 2.10 bits per heavy atom. The number of thioether (sulfide) groups is 1. The first kappa shape index (κ1) is 14.6. The molecule has 2 aromatic rings. The van der Waals surface area contributed by atoms with Crippen molar-refractivity contribution < 1.29 is 8.42 Å². The highest BCUT2D eigenvalue weighted by Crippen LogP contribution is 2.21. The third-order valence-electron chi connectivity index (χ3n) is 2.68. The molecule has 20 heavy (non-hydrogen) atoms.